The number of hydrogen-bond acceptors (Lipinski definition) is 3. The number of rotatable bonds is 8. The van der Waals surface area contributed by atoms with Gasteiger partial charge < -0.3 is 14.8 Å². The normalized spacial score (nSPS) is 10.6. The summed E-state index contributed by atoms with van der Waals surface area (Å²) in [5, 5.41) is 3.22. The fourth-order valence-corrected chi connectivity index (χ4v) is 2.23. The Hall–Kier alpha value is -2.34. The van der Waals surface area contributed by atoms with Crippen LogP contribution in [0.3, 0.4) is 0 Å². The van der Waals surface area contributed by atoms with Crippen LogP contribution in [0.5, 0.6) is 11.5 Å². The SMILES string of the molecule is Cc1cc(OCCCC(=O)Nc2ccccc2OC(F)F)ccc1Cl. The fourth-order valence-electron chi connectivity index (χ4n) is 2.11. The standard InChI is InChI=1S/C18H18ClF2NO3/c1-12-11-13(8-9-14(12)19)24-10-4-7-17(23)22-15-5-2-3-6-16(15)25-18(20)21/h2-3,5-6,8-9,11,18H,4,7,10H2,1H3,(H,22,23). The second-order valence-electron chi connectivity index (χ2n) is 5.29. The molecule has 0 heterocycles. The lowest BCUT2D eigenvalue weighted by atomic mass is 10.2. The van der Waals surface area contributed by atoms with Gasteiger partial charge >= 0.3 is 6.61 Å². The third-order valence-electron chi connectivity index (χ3n) is 3.32. The second-order valence-corrected chi connectivity index (χ2v) is 5.69. The number of carbonyl (C=O) groups excluding carboxylic acids is 1. The number of hydrogen-bond donors (Lipinski definition) is 1. The van der Waals surface area contributed by atoms with Crippen LogP contribution in [0.15, 0.2) is 42.5 Å². The molecule has 0 atom stereocenters. The average Bonchev–Trinajstić information content (AvgIpc) is 2.56. The predicted octanol–water partition coefficient (Wildman–Crippen LogP) is 5.05. The first-order valence-electron chi connectivity index (χ1n) is 7.68. The Morgan fingerprint density at radius 2 is 2.00 bits per heavy atom. The maximum absolute atomic E-state index is 12.3. The van der Waals surface area contributed by atoms with E-state index in [1.807, 2.05) is 13.0 Å². The highest BCUT2D eigenvalue weighted by atomic mass is 35.5. The average molecular weight is 370 g/mol. The van der Waals surface area contributed by atoms with Crippen molar-refractivity contribution in [2.24, 2.45) is 0 Å². The molecule has 4 nitrogen and oxygen atoms in total. The van der Waals surface area contributed by atoms with Gasteiger partial charge in [-0.1, -0.05) is 23.7 Å². The van der Waals surface area contributed by atoms with Crippen molar-refractivity contribution in [2.75, 3.05) is 11.9 Å². The molecule has 0 aliphatic heterocycles. The second kappa shape index (κ2) is 9.22. The third-order valence-corrected chi connectivity index (χ3v) is 3.75. The minimum atomic E-state index is -2.95. The zero-order chi connectivity index (χ0) is 18.2. The van der Waals surface area contributed by atoms with E-state index in [4.69, 9.17) is 16.3 Å². The Labute approximate surface area is 149 Å². The van der Waals surface area contributed by atoms with E-state index in [0.29, 0.717) is 23.8 Å². The van der Waals surface area contributed by atoms with Crippen molar-refractivity contribution in [2.45, 2.75) is 26.4 Å². The topological polar surface area (TPSA) is 47.6 Å². The molecule has 0 bridgehead atoms. The molecule has 0 fully saturated rings. The lowest BCUT2D eigenvalue weighted by molar-refractivity contribution is -0.116. The number of para-hydroxylation sites is 2. The number of benzene rings is 2. The van der Waals surface area contributed by atoms with Crippen molar-refractivity contribution < 1.29 is 23.0 Å². The molecule has 1 amide bonds. The summed E-state index contributed by atoms with van der Waals surface area (Å²) in [4.78, 5) is 11.9. The summed E-state index contributed by atoms with van der Waals surface area (Å²) >= 11 is 5.94. The number of alkyl halides is 2. The molecule has 134 valence electrons. The van der Waals surface area contributed by atoms with Crippen molar-refractivity contribution in [3.8, 4) is 11.5 Å². The Bertz CT molecular complexity index is 725. The molecule has 1 N–H and O–H groups in total. The summed E-state index contributed by atoms with van der Waals surface area (Å²) in [6.45, 7) is -0.722. The lowest BCUT2D eigenvalue weighted by Gasteiger charge is -2.12. The first-order chi connectivity index (χ1) is 12.0. The van der Waals surface area contributed by atoms with Crippen LogP contribution in [0.4, 0.5) is 14.5 Å². The van der Waals surface area contributed by atoms with Gasteiger partial charge in [-0.3, -0.25) is 4.79 Å². The number of amides is 1. The molecule has 0 unspecified atom stereocenters. The molecule has 0 radical (unpaired) electrons. The van der Waals surface area contributed by atoms with Crippen molar-refractivity contribution in [3.05, 3.63) is 53.1 Å². The Kier molecular flexibility index (Phi) is 7.01. The molecule has 0 saturated carbocycles. The van der Waals surface area contributed by atoms with Gasteiger partial charge in [-0.2, -0.15) is 8.78 Å². The smallest absolute Gasteiger partial charge is 0.387 e. The van der Waals surface area contributed by atoms with E-state index in [-0.39, 0.29) is 23.8 Å². The highest BCUT2D eigenvalue weighted by Crippen LogP contribution is 2.25. The van der Waals surface area contributed by atoms with Gasteiger partial charge in [0.15, 0.2) is 0 Å². The molecule has 0 saturated heterocycles. The number of nitrogens with one attached hydrogen (secondary N) is 1. The molecule has 2 aromatic carbocycles. The molecule has 0 aromatic heterocycles. The van der Waals surface area contributed by atoms with Crippen LogP contribution in [0.25, 0.3) is 0 Å². The van der Waals surface area contributed by atoms with Crippen LogP contribution in [-0.4, -0.2) is 19.1 Å². The first kappa shape index (κ1) is 19.0. The van der Waals surface area contributed by atoms with Crippen LogP contribution in [0.2, 0.25) is 5.02 Å². The van der Waals surface area contributed by atoms with Gasteiger partial charge in [0.25, 0.3) is 0 Å². The summed E-state index contributed by atoms with van der Waals surface area (Å²) in [5.41, 5.74) is 1.12. The van der Waals surface area contributed by atoms with Gasteiger partial charge in [0.2, 0.25) is 5.91 Å². The summed E-state index contributed by atoms with van der Waals surface area (Å²) < 4.78 is 34.6. The van der Waals surface area contributed by atoms with E-state index in [1.165, 1.54) is 12.1 Å². The Morgan fingerprint density at radius 3 is 2.72 bits per heavy atom. The molecule has 25 heavy (non-hydrogen) atoms. The van der Waals surface area contributed by atoms with E-state index in [9.17, 15) is 13.6 Å². The van der Waals surface area contributed by atoms with E-state index in [1.54, 1.807) is 24.3 Å². The quantitative estimate of drug-likeness (QED) is 0.662. The first-order valence-corrected chi connectivity index (χ1v) is 8.06. The minimum absolute atomic E-state index is 0.0706. The van der Waals surface area contributed by atoms with Crippen molar-refractivity contribution in [1.82, 2.24) is 0 Å². The fraction of sp³-hybridized carbons (Fsp3) is 0.278. The van der Waals surface area contributed by atoms with Crippen molar-refractivity contribution >= 4 is 23.2 Å². The monoisotopic (exact) mass is 369 g/mol. The van der Waals surface area contributed by atoms with Crippen LogP contribution in [0.1, 0.15) is 18.4 Å². The van der Waals surface area contributed by atoms with E-state index < -0.39 is 6.61 Å². The molecule has 2 rings (SSSR count). The largest absolute Gasteiger partial charge is 0.494 e. The molecular weight excluding hydrogens is 352 g/mol. The molecule has 0 spiro atoms. The summed E-state index contributed by atoms with van der Waals surface area (Å²) in [5.74, 6) is 0.304. The Morgan fingerprint density at radius 1 is 1.24 bits per heavy atom. The third kappa shape index (κ3) is 6.23. The van der Waals surface area contributed by atoms with Gasteiger partial charge in [-0.05, 0) is 49.2 Å². The molecule has 0 aliphatic carbocycles. The maximum Gasteiger partial charge on any atom is 0.387 e. The lowest BCUT2D eigenvalue weighted by Crippen LogP contribution is -2.14. The number of carbonyl (C=O) groups is 1. The highest BCUT2D eigenvalue weighted by molar-refractivity contribution is 6.31. The van der Waals surface area contributed by atoms with Gasteiger partial charge in [-0.15, -0.1) is 0 Å². The van der Waals surface area contributed by atoms with Gasteiger partial charge in [0.1, 0.15) is 11.5 Å². The summed E-state index contributed by atoms with van der Waals surface area (Å²) in [6, 6.07) is 11.4. The summed E-state index contributed by atoms with van der Waals surface area (Å²) in [6.07, 6.45) is 0.668. The van der Waals surface area contributed by atoms with Crippen molar-refractivity contribution in [3.63, 3.8) is 0 Å². The number of anilines is 1. The van der Waals surface area contributed by atoms with Gasteiger partial charge in [0.05, 0.1) is 12.3 Å². The van der Waals surface area contributed by atoms with Gasteiger partial charge in [0, 0.05) is 11.4 Å². The molecule has 2 aromatic rings. The number of halogens is 3. The highest BCUT2D eigenvalue weighted by Gasteiger charge is 2.11. The van der Waals surface area contributed by atoms with Crippen molar-refractivity contribution in [1.29, 1.82) is 0 Å². The molecule has 7 heteroatoms. The van der Waals surface area contributed by atoms with Gasteiger partial charge in [-0.25, -0.2) is 0 Å². The number of ether oxygens (including phenoxy) is 2. The van der Waals surface area contributed by atoms with E-state index in [0.717, 1.165) is 5.56 Å². The number of aryl methyl sites for hydroxylation is 1. The van der Waals surface area contributed by atoms with Crippen LogP contribution in [0, 0.1) is 6.92 Å². The van der Waals surface area contributed by atoms with Crippen LogP contribution >= 0.6 is 11.6 Å². The maximum atomic E-state index is 12.3. The van der Waals surface area contributed by atoms with E-state index >= 15 is 0 Å². The van der Waals surface area contributed by atoms with Crippen LogP contribution in [-0.2, 0) is 4.79 Å². The molecule has 0 aliphatic rings. The minimum Gasteiger partial charge on any atom is -0.494 e. The zero-order valence-corrected chi connectivity index (χ0v) is 14.4. The molecular formula is C18H18ClF2NO3. The van der Waals surface area contributed by atoms with E-state index in [2.05, 4.69) is 10.1 Å². The Balaban J connectivity index is 1.78. The predicted molar refractivity (Wildman–Crippen MR) is 92.6 cm³/mol. The zero-order valence-electron chi connectivity index (χ0n) is 13.6. The van der Waals surface area contributed by atoms with Crippen LogP contribution < -0.4 is 14.8 Å². The summed E-state index contributed by atoms with van der Waals surface area (Å²) in [7, 11) is 0.